The molecule has 0 aliphatic rings. The molecule has 0 aliphatic heterocycles. The molecule has 0 fully saturated rings. The minimum Gasteiger partial charge on any atom is -0.496 e. The summed E-state index contributed by atoms with van der Waals surface area (Å²) >= 11 is 3.37. The fraction of sp³-hybridized carbons (Fsp3) is 0.462. The zero-order chi connectivity index (χ0) is 14.1. The molecule has 1 aromatic carbocycles. The van der Waals surface area contributed by atoms with Crippen LogP contribution in [0.2, 0.25) is 0 Å². The molecule has 106 valence electrons. The van der Waals surface area contributed by atoms with Crippen molar-refractivity contribution in [2.45, 2.75) is 13.3 Å². The van der Waals surface area contributed by atoms with E-state index >= 15 is 0 Å². The zero-order valence-electron chi connectivity index (χ0n) is 11.2. The molecule has 0 radical (unpaired) electrons. The summed E-state index contributed by atoms with van der Waals surface area (Å²) in [4.78, 5) is 11.6. The van der Waals surface area contributed by atoms with Gasteiger partial charge in [0.25, 0.3) is 0 Å². The Balaban J connectivity index is 2.34. The first-order valence-corrected chi connectivity index (χ1v) is 6.92. The van der Waals surface area contributed by atoms with Crippen molar-refractivity contribution < 1.29 is 14.3 Å². The van der Waals surface area contributed by atoms with Gasteiger partial charge in [-0.2, -0.15) is 0 Å². The fourth-order valence-electron chi connectivity index (χ4n) is 1.44. The van der Waals surface area contributed by atoms with Gasteiger partial charge in [-0.25, -0.2) is 4.79 Å². The molecule has 19 heavy (non-hydrogen) atoms. The predicted octanol–water partition coefficient (Wildman–Crippen LogP) is 3.01. The number of anilines is 1. The van der Waals surface area contributed by atoms with Gasteiger partial charge in [-0.3, -0.25) is 0 Å². The van der Waals surface area contributed by atoms with E-state index in [2.05, 4.69) is 26.6 Å². The second-order valence-corrected chi connectivity index (χ2v) is 4.64. The molecular formula is C13H19BrN2O3. The molecule has 0 heterocycles. The number of benzene rings is 1. The monoisotopic (exact) mass is 330 g/mol. The molecular weight excluding hydrogens is 312 g/mol. The van der Waals surface area contributed by atoms with Gasteiger partial charge >= 0.3 is 6.03 Å². The summed E-state index contributed by atoms with van der Waals surface area (Å²) < 4.78 is 11.1. The third-order valence-electron chi connectivity index (χ3n) is 2.36. The molecule has 0 aromatic heterocycles. The zero-order valence-corrected chi connectivity index (χ0v) is 12.7. The van der Waals surface area contributed by atoms with E-state index in [9.17, 15) is 4.79 Å². The lowest BCUT2D eigenvalue weighted by Crippen LogP contribution is -2.30. The van der Waals surface area contributed by atoms with Crippen LogP contribution in [0.15, 0.2) is 22.7 Å². The summed E-state index contributed by atoms with van der Waals surface area (Å²) in [6.45, 7) is 3.89. The average Bonchev–Trinajstić information content (AvgIpc) is 2.39. The van der Waals surface area contributed by atoms with Gasteiger partial charge in [-0.15, -0.1) is 0 Å². The molecule has 1 aromatic rings. The van der Waals surface area contributed by atoms with Crippen LogP contribution in [-0.2, 0) is 4.74 Å². The van der Waals surface area contributed by atoms with Crippen LogP contribution >= 0.6 is 15.9 Å². The quantitative estimate of drug-likeness (QED) is 0.755. The van der Waals surface area contributed by atoms with Gasteiger partial charge in [-0.05, 0) is 47.5 Å². The van der Waals surface area contributed by atoms with Crippen LogP contribution in [0.25, 0.3) is 0 Å². The Bertz CT molecular complexity index is 413. The van der Waals surface area contributed by atoms with Crippen molar-refractivity contribution in [3.8, 4) is 5.75 Å². The highest BCUT2D eigenvalue weighted by Crippen LogP contribution is 2.27. The van der Waals surface area contributed by atoms with Crippen LogP contribution in [0.4, 0.5) is 10.5 Å². The Kier molecular flexibility index (Phi) is 7.28. The number of carbonyl (C=O) groups is 1. The molecule has 0 saturated heterocycles. The first kappa shape index (κ1) is 15.8. The van der Waals surface area contributed by atoms with Crippen molar-refractivity contribution in [1.82, 2.24) is 5.32 Å². The Morgan fingerprint density at radius 3 is 2.84 bits per heavy atom. The molecule has 2 amide bonds. The topological polar surface area (TPSA) is 59.6 Å². The smallest absolute Gasteiger partial charge is 0.319 e. The second kappa shape index (κ2) is 8.77. The number of urea groups is 1. The molecule has 6 heteroatoms. The SMILES string of the molecule is CCOCCCNC(=O)Nc1ccc(OC)c(Br)c1. The number of nitrogens with one attached hydrogen (secondary N) is 2. The van der Waals surface area contributed by atoms with E-state index in [1.807, 2.05) is 6.92 Å². The van der Waals surface area contributed by atoms with Crippen LogP contribution in [0, 0.1) is 0 Å². The third kappa shape index (κ3) is 5.94. The summed E-state index contributed by atoms with van der Waals surface area (Å²) in [5.41, 5.74) is 0.704. The highest BCUT2D eigenvalue weighted by molar-refractivity contribution is 9.10. The van der Waals surface area contributed by atoms with Crippen LogP contribution in [0.3, 0.4) is 0 Å². The van der Waals surface area contributed by atoms with E-state index in [1.54, 1.807) is 25.3 Å². The number of hydrogen-bond donors (Lipinski definition) is 2. The number of carbonyl (C=O) groups excluding carboxylic acids is 1. The van der Waals surface area contributed by atoms with Crippen molar-refractivity contribution in [3.05, 3.63) is 22.7 Å². The minimum absolute atomic E-state index is 0.228. The Morgan fingerprint density at radius 2 is 2.21 bits per heavy atom. The normalized spacial score (nSPS) is 10.1. The highest BCUT2D eigenvalue weighted by Gasteiger charge is 2.04. The molecule has 1 rings (SSSR count). The van der Waals surface area contributed by atoms with Gasteiger partial charge in [0.1, 0.15) is 5.75 Å². The Hall–Kier alpha value is -1.27. The van der Waals surface area contributed by atoms with E-state index in [1.165, 1.54) is 0 Å². The van der Waals surface area contributed by atoms with Gasteiger partial charge in [0.05, 0.1) is 11.6 Å². The summed E-state index contributed by atoms with van der Waals surface area (Å²) in [5, 5.41) is 5.51. The number of halogens is 1. The second-order valence-electron chi connectivity index (χ2n) is 3.78. The first-order valence-electron chi connectivity index (χ1n) is 6.13. The van der Waals surface area contributed by atoms with E-state index in [4.69, 9.17) is 9.47 Å². The maximum atomic E-state index is 11.6. The molecule has 0 saturated carbocycles. The summed E-state index contributed by atoms with van der Waals surface area (Å²) in [7, 11) is 1.60. The van der Waals surface area contributed by atoms with E-state index in [0.29, 0.717) is 25.4 Å². The number of methoxy groups -OCH3 is 1. The molecule has 5 nitrogen and oxygen atoms in total. The van der Waals surface area contributed by atoms with Crippen LogP contribution in [0.5, 0.6) is 5.75 Å². The molecule has 0 spiro atoms. The highest BCUT2D eigenvalue weighted by atomic mass is 79.9. The molecule has 0 unspecified atom stereocenters. The molecule has 0 atom stereocenters. The molecule has 0 bridgehead atoms. The fourth-order valence-corrected chi connectivity index (χ4v) is 1.98. The van der Waals surface area contributed by atoms with Crippen molar-refractivity contribution in [2.24, 2.45) is 0 Å². The van der Waals surface area contributed by atoms with Gasteiger partial charge in [0, 0.05) is 25.4 Å². The summed E-state index contributed by atoms with van der Waals surface area (Å²) in [6.07, 6.45) is 0.799. The van der Waals surface area contributed by atoms with Gasteiger partial charge < -0.3 is 20.1 Å². The van der Waals surface area contributed by atoms with Crippen molar-refractivity contribution >= 4 is 27.6 Å². The van der Waals surface area contributed by atoms with E-state index < -0.39 is 0 Å². The predicted molar refractivity (Wildman–Crippen MR) is 78.8 cm³/mol. The van der Waals surface area contributed by atoms with E-state index in [0.717, 1.165) is 16.6 Å². The summed E-state index contributed by atoms with van der Waals surface area (Å²) in [5.74, 6) is 0.725. The van der Waals surface area contributed by atoms with Crippen LogP contribution in [-0.4, -0.2) is 32.9 Å². The number of rotatable bonds is 7. The molecule has 0 aliphatic carbocycles. The third-order valence-corrected chi connectivity index (χ3v) is 2.98. The largest absolute Gasteiger partial charge is 0.496 e. The lowest BCUT2D eigenvalue weighted by atomic mass is 10.3. The molecule has 2 N–H and O–H groups in total. The first-order chi connectivity index (χ1) is 9.17. The van der Waals surface area contributed by atoms with Gasteiger partial charge in [0.15, 0.2) is 0 Å². The van der Waals surface area contributed by atoms with Crippen LogP contribution in [0.1, 0.15) is 13.3 Å². The van der Waals surface area contributed by atoms with E-state index in [-0.39, 0.29) is 6.03 Å². The van der Waals surface area contributed by atoms with Gasteiger partial charge in [0.2, 0.25) is 0 Å². The average molecular weight is 331 g/mol. The van der Waals surface area contributed by atoms with Crippen LogP contribution < -0.4 is 15.4 Å². The number of ether oxygens (including phenoxy) is 2. The number of hydrogen-bond acceptors (Lipinski definition) is 3. The van der Waals surface area contributed by atoms with Gasteiger partial charge in [-0.1, -0.05) is 0 Å². The minimum atomic E-state index is -0.228. The number of amides is 2. The lowest BCUT2D eigenvalue weighted by molar-refractivity contribution is 0.145. The Morgan fingerprint density at radius 1 is 1.42 bits per heavy atom. The lowest BCUT2D eigenvalue weighted by Gasteiger charge is -2.09. The Labute approximate surface area is 121 Å². The summed E-state index contributed by atoms with van der Waals surface area (Å²) in [6, 6.07) is 5.13. The van der Waals surface area contributed by atoms with Crippen molar-refractivity contribution in [3.63, 3.8) is 0 Å². The standard InChI is InChI=1S/C13H19BrN2O3/c1-3-19-8-4-7-15-13(17)16-10-5-6-12(18-2)11(14)9-10/h5-6,9H,3-4,7-8H2,1-2H3,(H2,15,16,17). The van der Waals surface area contributed by atoms with Crippen molar-refractivity contribution in [1.29, 1.82) is 0 Å². The maximum absolute atomic E-state index is 11.6. The maximum Gasteiger partial charge on any atom is 0.319 e. The van der Waals surface area contributed by atoms with Crippen molar-refractivity contribution in [2.75, 3.05) is 32.2 Å².